The lowest BCUT2D eigenvalue weighted by Crippen LogP contribution is -2.22. The van der Waals surface area contributed by atoms with E-state index < -0.39 is 6.10 Å². The summed E-state index contributed by atoms with van der Waals surface area (Å²) in [4.78, 5) is 0. The van der Waals surface area contributed by atoms with E-state index in [1.54, 1.807) is 0 Å². The zero-order chi connectivity index (χ0) is 12.1. The minimum absolute atomic E-state index is 0.172. The predicted octanol–water partition coefficient (Wildman–Crippen LogP) is 2.71. The third-order valence-corrected chi connectivity index (χ3v) is 2.99. The van der Waals surface area contributed by atoms with Crippen LogP contribution in [0.15, 0.2) is 18.2 Å². The third-order valence-electron chi connectivity index (χ3n) is 2.99. The van der Waals surface area contributed by atoms with Gasteiger partial charge in [0.1, 0.15) is 0 Å². The van der Waals surface area contributed by atoms with Crippen molar-refractivity contribution < 1.29 is 5.11 Å². The molecule has 1 aromatic carbocycles. The number of rotatable bonds is 5. The van der Waals surface area contributed by atoms with Gasteiger partial charge in [-0.25, -0.2) is 0 Å². The zero-order valence-electron chi connectivity index (χ0n) is 10.5. The topological polar surface area (TPSA) is 46.2 Å². The van der Waals surface area contributed by atoms with Gasteiger partial charge in [0.25, 0.3) is 0 Å². The van der Waals surface area contributed by atoms with Gasteiger partial charge in [0.05, 0.1) is 6.10 Å². The van der Waals surface area contributed by atoms with E-state index in [1.807, 2.05) is 0 Å². The van der Waals surface area contributed by atoms with Crippen LogP contribution in [-0.2, 0) is 0 Å². The molecule has 90 valence electrons. The highest BCUT2D eigenvalue weighted by Gasteiger charge is 2.18. The van der Waals surface area contributed by atoms with Crippen molar-refractivity contribution in [2.45, 2.75) is 39.7 Å². The van der Waals surface area contributed by atoms with E-state index in [0.29, 0.717) is 6.54 Å². The van der Waals surface area contributed by atoms with Crippen molar-refractivity contribution >= 4 is 0 Å². The van der Waals surface area contributed by atoms with Gasteiger partial charge in [-0.1, -0.05) is 42.7 Å². The minimum atomic E-state index is -0.427. The summed E-state index contributed by atoms with van der Waals surface area (Å²) in [5, 5.41) is 10.3. The van der Waals surface area contributed by atoms with Crippen LogP contribution in [-0.4, -0.2) is 11.7 Å². The number of aliphatic hydroxyl groups excluding tert-OH is 1. The van der Waals surface area contributed by atoms with Crippen LogP contribution in [0, 0.1) is 19.8 Å². The molecule has 0 aliphatic heterocycles. The van der Waals surface area contributed by atoms with Crippen LogP contribution in [0.4, 0.5) is 0 Å². The van der Waals surface area contributed by atoms with Crippen molar-refractivity contribution in [2.24, 2.45) is 11.7 Å². The van der Waals surface area contributed by atoms with E-state index >= 15 is 0 Å². The maximum atomic E-state index is 10.3. The van der Waals surface area contributed by atoms with Gasteiger partial charge in [-0.05, 0) is 32.4 Å². The summed E-state index contributed by atoms with van der Waals surface area (Å²) in [5.41, 5.74) is 9.11. The molecule has 0 aliphatic carbocycles. The van der Waals surface area contributed by atoms with Crippen molar-refractivity contribution in [2.75, 3.05) is 6.54 Å². The van der Waals surface area contributed by atoms with E-state index in [0.717, 1.165) is 18.4 Å². The molecule has 0 aliphatic rings. The van der Waals surface area contributed by atoms with Crippen LogP contribution < -0.4 is 5.73 Å². The van der Waals surface area contributed by atoms with Gasteiger partial charge in [-0.15, -0.1) is 0 Å². The van der Waals surface area contributed by atoms with Crippen LogP contribution in [0.2, 0.25) is 0 Å². The Morgan fingerprint density at radius 3 is 2.19 bits per heavy atom. The molecule has 2 heteroatoms. The van der Waals surface area contributed by atoms with Crippen LogP contribution in [0.1, 0.15) is 42.6 Å². The molecule has 2 atom stereocenters. The van der Waals surface area contributed by atoms with Gasteiger partial charge in [-0.2, -0.15) is 0 Å². The number of hydrogen-bond acceptors (Lipinski definition) is 2. The summed E-state index contributed by atoms with van der Waals surface area (Å²) in [7, 11) is 0. The molecule has 3 N–H and O–H groups in total. The molecule has 0 spiro atoms. The van der Waals surface area contributed by atoms with Crippen molar-refractivity contribution in [1.82, 2.24) is 0 Å². The van der Waals surface area contributed by atoms with Gasteiger partial charge in [0, 0.05) is 5.92 Å². The zero-order valence-corrected chi connectivity index (χ0v) is 10.5. The largest absolute Gasteiger partial charge is 0.388 e. The first-order chi connectivity index (χ1) is 7.58. The van der Waals surface area contributed by atoms with Gasteiger partial charge in [0.15, 0.2) is 0 Å². The Hall–Kier alpha value is -0.860. The Balaban J connectivity index is 2.89. The second-order valence-corrected chi connectivity index (χ2v) is 4.65. The number of aliphatic hydroxyl groups is 1. The second kappa shape index (κ2) is 6.02. The SMILES string of the molecule is CCCC(CN)C(O)c1cc(C)cc(C)c1. The molecule has 2 unspecified atom stereocenters. The smallest absolute Gasteiger partial charge is 0.0830 e. The fourth-order valence-corrected chi connectivity index (χ4v) is 2.23. The molecule has 2 nitrogen and oxygen atoms in total. The Morgan fingerprint density at radius 1 is 1.19 bits per heavy atom. The standard InChI is InChI=1S/C14H23NO/c1-4-5-12(9-15)14(16)13-7-10(2)6-11(3)8-13/h6-8,12,14,16H,4-5,9,15H2,1-3H3. The molecule has 1 rings (SSSR count). The molecule has 0 radical (unpaired) electrons. The van der Waals surface area contributed by atoms with Crippen LogP contribution in [0.3, 0.4) is 0 Å². The predicted molar refractivity (Wildman–Crippen MR) is 68.3 cm³/mol. The summed E-state index contributed by atoms with van der Waals surface area (Å²) in [6.07, 6.45) is 1.61. The lowest BCUT2D eigenvalue weighted by molar-refractivity contribution is 0.106. The molecule has 0 heterocycles. The Morgan fingerprint density at radius 2 is 1.75 bits per heavy atom. The highest BCUT2D eigenvalue weighted by atomic mass is 16.3. The molecule has 0 saturated carbocycles. The minimum Gasteiger partial charge on any atom is -0.388 e. The normalized spacial score (nSPS) is 14.8. The quantitative estimate of drug-likeness (QED) is 0.803. The average molecular weight is 221 g/mol. The molecule has 0 fully saturated rings. The monoisotopic (exact) mass is 221 g/mol. The first kappa shape index (κ1) is 13.2. The van der Waals surface area contributed by atoms with E-state index in [4.69, 9.17) is 5.73 Å². The summed E-state index contributed by atoms with van der Waals surface area (Å²) in [6, 6.07) is 6.22. The lowest BCUT2D eigenvalue weighted by atomic mass is 9.90. The van der Waals surface area contributed by atoms with E-state index in [1.165, 1.54) is 11.1 Å². The first-order valence-corrected chi connectivity index (χ1v) is 6.04. The maximum absolute atomic E-state index is 10.3. The van der Waals surface area contributed by atoms with E-state index in [9.17, 15) is 5.11 Å². The average Bonchev–Trinajstić information content (AvgIpc) is 2.23. The van der Waals surface area contributed by atoms with E-state index in [-0.39, 0.29) is 5.92 Å². The third kappa shape index (κ3) is 3.32. The Bertz CT molecular complexity index is 315. The number of aryl methyl sites for hydroxylation is 2. The molecular formula is C14H23NO. The van der Waals surface area contributed by atoms with Gasteiger partial charge < -0.3 is 10.8 Å². The fraction of sp³-hybridized carbons (Fsp3) is 0.571. The molecule has 0 aromatic heterocycles. The van der Waals surface area contributed by atoms with Crippen molar-refractivity contribution in [3.05, 3.63) is 34.9 Å². The molecule has 16 heavy (non-hydrogen) atoms. The molecule has 0 saturated heterocycles. The van der Waals surface area contributed by atoms with Gasteiger partial charge >= 0.3 is 0 Å². The second-order valence-electron chi connectivity index (χ2n) is 4.65. The van der Waals surface area contributed by atoms with Crippen LogP contribution >= 0.6 is 0 Å². The molecular weight excluding hydrogens is 198 g/mol. The summed E-state index contributed by atoms with van der Waals surface area (Å²) in [5.74, 6) is 0.172. The van der Waals surface area contributed by atoms with Crippen molar-refractivity contribution in [3.63, 3.8) is 0 Å². The first-order valence-electron chi connectivity index (χ1n) is 6.04. The van der Waals surface area contributed by atoms with Gasteiger partial charge in [-0.3, -0.25) is 0 Å². The summed E-state index contributed by atoms with van der Waals surface area (Å²) >= 11 is 0. The number of nitrogens with two attached hydrogens (primary N) is 1. The summed E-state index contributed by atoms with van der Waals surface area (Å²) < 4.78 is 0. The summed E-state index contributed by atoms with van der Waals surface area (Å²) in [6.45, 7) is 6.78. The highest BCUT2D eigenvalue weighted by molar-refractivity contribution is 5.30. The lowest BCUT2D eigenvalue weighted by Gasteiger charge is -2.22. The Labute approximate surface area is 98.5 Å². The van der Waals surface area contributed by atoms with Crippen molar-refractivity contribution in [1.29, 1.82) is 0 Å². The van der Waals surface area contributed by atoms with Crippen LogP contribution in [0.25, 0.3) is 0 Å². The fourth-order valence-electron chi connectivity index (χ4n) is 2.23. The number of benzene rings is 1. The van der Waals surface area contributed by atoms with E-state index in [2.05, 4.69) is 39.0 Å². The maximum Gasteiger partial charge on any atom is 0.0830 e. The molecule has 0 amide bonds. The molecule has 0 bridgehead atoms. The molecule has 1 aromatic rings. The van der Waals surface area contributed by atoms with Crippen molar-refractivity contribution in [3.8, 4) is 0 Å². The Kier molecular flexibility index (Phi) is 4.97. The number of hydrogen-bond donors (Lipinski definition) is 2. The highest BCUT2D eigenvalue weighted by Crippen LogP contribution is 2.26. The van der Waals surface area contributed by atoms with Crippen LogP contribution in [0.5, 0.6) is 0 Å². The van der Waals surface area contributed by atoms with Gasteiger partial charge in [0.2, 0.25) is 0 Å².